The zero-order chi connectivity index (χ0) is 20.8. The van der Waals surface area contributed by atoms with Gasteiger partial charge in [0.15, 0.2) is 5.78 Å². The van der Waals surface area contributed by atoms with Crippen molar-refractivity contribution in [3.8, 4) is 0 Å². The Hall–Kier alpha value is -3.47. The van der Waals surface area contributed by atoms with Gasteiger partial charge < -0.3 is 5.32 Å². The average molecular weight is 388 g/mol. The lowest BCUT2D eigenvalue weighted by Crippen LogP contribution is -2.16. The minimum Gasteiger partial charge on any atom is -0.378 e. The van der Waals surface area contributed by atoms with Crippen molar-refractivity contribution in [1.29, 1.82) is 0 Å². The molecule has 1 unspecified atom stereocenters. The van der Waals surface area contributed by atoms with E-state index in [4.69, 9.17) is 0 Å². The zero-order valence-electron chi connectivity index (χ0n) is 16.5. The Morgan fingerprint density at radius 3 is 2.03 bits per heavy atom. The maximum absolute atomic E-state index is 12.8. The van der Waals surface area contributed by atoms with Crippen LogP contribution in [0.2, 0.25) is 0 Å². The van der Waals surface area contributed by atoms with Gasteiger partial charge in [-0.05, 0) is 29.2 Å². The van der Waals surface area contributed by atoms with Crippen LogP contribution >= 0.6 is 0 Å². The quantitative estimate of drug-likeness (QED) is 0.286. The van der Waals surface area contributed by atoms with Crippen LogP contribution < -0.4 is 5.32 Å². The number of carbonyl (C=O) groups is 1. The van der Waals surface area contributed by atoms with Crippen molar-refractivity contribution in [2.75, 3.05) is 5.32 Å². The Kier molecular flexibility index (Phi) is 6.39. The van der Waals surface area contributed by atoms with E-state index in [-0.39, 0.29) is 23.9 Å². The summed E-state index contributed by atoms with van der Waals surface area (Å²) in [6.45, 7) is 4.28. The van der Waals surface area contributed by atoms with Gasteiger partial charge in [0, 0.05) is 29.8 Å². The summed E-state index contributed by atoms with van der Waals surface area (Å²) < 4.78 is 0. The molecule has 0 aliphatic heterocycles. The molecule has 0 aromatic heterocycles. The van der Waals surface area contributed by atoms with Crippen LogP contribution in [-0.4, -0.2) is 10.7 Å². The van der Waals surface area contributed by atoms with Crippen LogP contribution in [0, 0.1) is 10.1 Å². The van der Waals surface area contributed by atoms with E-state index in [1.807, 2.05) is 42.5 Å². The van der Waals surface area contributed by atoms with E-state index in [9.17, 15) is 14.9 Å². The van der Waals surface area contributed by atoms with Crippen molar-refractivity contribution in [2.24, 2.45) is 0 Å². The molecule has 3 aromatic rings. The number of nitro groups is 1. The number of nitro benzene ring substituents is 1. The molecule has 0 amide bonds. The van der Waals surface area contributed by atoms with Gasteiger partial charge >= 0.3 is 0 Å². The van der Waals surface area contributed by atoms with Gasteiger partial charge in [-0.2, -0.15) is 0 Å². The fourth-order valence-corrected chi connectivity index (χ4v) is 3.17. The molecule has 0 aliphatic rings. The summed E-state index contributed by atoms with van der Waals surface area (Å²) in [5.74, 6) is 0.467. The van der Waals surface area contributed by atoms with Crippen LogP contribution in [0.1, 0.15) is 53.7 Å². The molecule has 148 valence electrons. The molecular formula is C24H24N2O3. The minimum atomic E-state index is -0.426. The molecule has 0 aliphatic carbocycles. The summed E-state index contributed by atoms with van der Waals surface area (Å²) in [6.07, 6.45) is 0.280. The molecule has 5 nitrogen and oxygen atoms in total. The number of hydrogen-bond acceptors (Lipinski definition) is 4. The Labute approximate surface area is 170 Å². The SMILES string of the molecule is CC(C)c1ccc(C(CC(=O)c2ccccc2)Nc2ccc([N+](=O)[O-])cc2)cc1. The van der Waals surface area contributed by atoms with Gasteiger partial charge in [-0.3, -0.25) is 14.9 Å². The number of ketones is 1. The summed E-state index contributed by atoms with van der Waals surface area (Å²) in [4.78, 5) is 23.3. The van der Waals surface area contributed by atoms with E-state index in [1.54, 1.807) is 12.1 Å². The van der Waals surface area contributed by atoms with Crippen molar-refractivity contribution in [3.05, 3.63) is 106 Å². The van der Waals surface area contributed by atoms with E-state index in [0.29, 0.717) is 11.5 Å². The number of Topliss-reactive ketones (excluding diaryl/α,β-unsaturated/α-hetero) is 1. The Bertz CT molecular complexity index is 965. The van der Waals surface area contributed by atoms with Crippen LogP contribution in [0.15, 0.2) is 78.9 Å². The number of benzene rings is 3. The van der Waals surface area contributed by atoms with Crippen molar-refractivity contribution in [1.82, 2.24) is 0 Å². The van der Waals surface area contributed by atoms with Gasteiger partial charge in [0.1, 0.15) is 0 Å². The highest BCUT2D eigenvalue weighted by Crippen LogP contribution is 2.27. The minimum absolute atomic E-state index is 0.0359. The lowest BCUT2D eigenvalue weighted by molar-refractivity contribution is -0.384. The first-order valence-corrected chi connectivity index (χ1v) is 9.63. The summed E-state index contributed by atoms with van der Waals surface area (Å²) >= 11 is 0. The average Bonchev–Trinajstić information content (AvgIpc) is 2.74. The number of hydrogen-bond donors (Lipinski definition) is 1. The molecule has 29 heavy (non-hydrogen) atoms. The third kappa shape index (κ3) is 5.29. The maximum atomic E-state index is 12.8. The first kappa shape index (κ1) is 20.3. The van der Waals surface area contributed by atoms with Crippen LogP contribution in [0.25, 0.3) is 0 Å². The standard InChI is InChI=1S/C24H24N2O3/c1-17(2)18-8-10-19(11-9-18)23(16-24(27)20-6-4-3-5-7-20)25-21-12-14-22(15-13-21)26(28)29/h3-15,17,23,25H,16H2,1-2H3. The molecule has 0 saturated carbocycles. The highest BCUT2D eigenvalue weighted by Gasteiger charge is 2.18. The normalized spacial score (nSPS) is 11.8. The number of carbonyl (C=O) groups excluding carboxylic acids is 1. The van der Waals surface area contributed by atoms with E-state index in [1.165, 1.54) is 17.7 Å². The molecule has 0 saturated heterocycles. The second-order valence-electron chi connectivity index (χ2n) is 7.32. The van der Waals surface area contributed by atoms with E-state index in [2.05, 4.69) is 31.3 Å². The summed E-state index contributed by atoms with van der Waals surface area (Å²) in [5.41, 5.74) is 3.67. The van der Waals surface area contributed by atoms with Crippen molar-refractivity contribution in [3.63, 3.8) is 0 Å². The number of anilines is 1. The summed E-state index contributed by atoms with van der Waals surface area (Å²) in [5, 5.41) is 14.3. The van der Waals surface area contributed by atoms with Crippen molar-refractivity contribution < 1.29 is 9.72 Å². The van der Waals surface area contributed by atoms with Crippen molar-refractivity contribution >= 4 is 17.2 Å². The second-order valence-corrected chi connectivity index (χ2v) is 7.32. The topological polar surface area (TPSA) is 72.2 Å². The smallest absolute Gasteiger partial charge is 0.269 e. The molecule has 1 atom stereocenters. The van der Waals surface area contributed by atoms with E-state index < -0.39 is 4.92 Å². The lowest BCUT2D eigenvalue weighted by Gasteiger charge is -2.21. The first-order chi connectivity index (χ1) is 13.9. The largest absolute Gasteiger partial charge is 0.378 e. The number of rotatable bonds is 8. The van der Waals surface area contributed by atoms with Gasteiger partial charge in [0.2, 0.25) is 0 Å². The molecular weight excluding hydrogens is 364 g/mol. The lowest BCUT2D eigenvalue weighted by atomic mass is 9.95. The van der Waals surface area contributed by atoms with Crippen LogP contribution in [0.3, 0.4) is 0 Å². The fraction of sp³-hybridized carbons (Fsp3) is 0.208. The molecule has 0 spiro atoms. The Morgan fingerprint density at radius 1 is 0.897 bits per heavy atom. The Morgan fingerprint density at radius 2 is 1.48 bits per heavy atom. The number of nitrogens with one attached hydrogen (secondary N) is 1. The number of non-ortho nitro benzene ring substituents is 1. The summed E-state index contributed by atoms with van der Waals surface area (Å²) in [7, 11) is 0. The molecule has 3 aromatic carbocycles. The van der Waals surface area contributed by atoms with Gasteiger partial charge in [-0.15, -0.1) is 0 Å². The zero-order valence-corrected chi connectivity index (χ0v) is 16.5. The van der Waals surface area contributed by atoms with E-state index >= 15 is 0 Å². The molecule has 1 N–H and O–H groups in total. The maximum Gasteiger partial charge on any atom is 0.269 e. The van der Waals surface area contributed by atoms with Crippen LogP contribution in [-0.2, 0) is 0 Å². The first-order valence-electron chi connectivity index (χ1n) is 9.63. The third-order valence-electron chi connectivity index (χ3n) is 4.91. The predicted octanol–water partition coefficient (Wildman–Crippen LogP) is 6.14. The monoisotopic (exact) mass is 388 g/mol. The van der Waals surface area contributed by atoms with Gasteiger partial charge in [-0.1, -0.05) is 68.4 Å². The molecule has 0 radical (unpaired) electrons. The fourth-order valence-electron chi connectivity index (χ4n) is 3.17. The number of nitrogens with zero attached hydrogens (tertiary/aromatic N) is 1. The molecule has 0 heterocycles. The van der Waals surface area contributed by atoms with Crippen LogP contribution in [0.5, 0.6) is 0 Å². The molecule has 0 fully saturated rings. The van der Waals surface area contributed by atoms with E-state index in [0.717, 1.165) is 11.3 Å². The molecule has 3 rings (SSSR count). The van der Waals surface area contributed by atoms with Gasteiger partial charge in [-0.25, -0.2) is 0 Å². The second kappa shape index (κ2) is 9.15. The predicted molar refractivity (Wildman–Crippen MR) is 115 cm³/mol. The Balaban J connectivity index is 1.86. The van der Waals surface area contributed by atoms with Gasteiger partial charge in [0.05, 0.1) is 11.0 Å². The van der Waals surface area contributed by atoms with Crippen LogP contribution in [0.4, 0.5) is 11.4 Å². The highest BCUT2D eigenvalue weighted by atomic mass is 16.6. The molecule has 5 heteroatoms. The summed E-state index contributed by atoms with van der Waals surface area (Å²) in [6, 6.07) is 23.5. The highest BCUT2D eigenvalue weighted by molar-refractivity contribution is 5.96. The van der Waals surface area contributed by atoms with Crippen molar-refractivity contribution in [2.45, 2.75) is 32.2 Å². The third-order valence-corrected chi connectivity index (χ3v) is 4.91. The molecule has 0 bridgehead atoms. The van der Waals surface area contributed by atoms with Gasteiger partial charge in [0.25, 0.3) is 5.69 Å².